The van der Waals surface area contributed by atoms with Gasteiger partial charge in [-0.1, -0.05) is 290 Å². The van der Waals surface area contributed by atoms with Crippen LogP contribution in [0.1, 0.15) is 309 Å². The van der Waals surface area contributed by atoms with Gasteiger partial charge in [-0.2, -0.15) is 0 Å². The van der Waals surface area contributed by atoms with E-state index in [1.54, 1.807) is 0 Å². The molecule has 0 fully saturated rings. The van der Waals surface area contributed by atoms with Gasteiger partial charge in [0, 0.05) is 6.42 Å². The summed E-state index contributed by atoms with van der Waals surface area (Å²) in [5.74, 6) is -0.159. The number of aliphatic hydroxyl groups is 1. The zero-order valence-corrected chi connectivity index (χ0v) is 46.1. The van der Waals surface area contributed by atoms with Gasteiger partial charge in [0.2, 0.25) is 5.91 Å². The smallest absolute Gasteiger partial charge is 0.268 e. The van der Waals surface area contributed by atoms with Gasteiger partial charge in [-0.15, -0.1) is 0 Å². The molecule has 0 saturated carbocycles. The Hall–Kier alpha value is -0.500. The van der Waals surface area contributed by atoms with Crippen LogP contribution < -0.4 is 10.2 Å². The second kappa shape index (κ2) is 49.5. The van der Waals surface area contributed by atoms with Crippen LogP contribution in [-0.4, -0.2) is 68.5 Å². The molecule has 0 aliphatic rings. The van der Waals surface area contributed by atoms with Crippen LogP contribution in [0.4, 0.5) is 0 Å². The molecule has 3 atom stereocenters. The van der Waals surface area contributed by atoms with Crippen LogP contribution in [-0.2, 0) is 18.4 Å². The number of quaternary nitrogens is 1. The van der Waals surface area contributed by atoms with Crippen LogP contribution in [0.2, 0.25) is 0 Å². The first-order chi connectivity index (χ1) is 32.0. The van der Waals surface area contributed by atoms with Crippen LogP contribution in [0.3, 0.4) is 0 Å². The van der Waals surface area contributed by atoms with E-state index in [9.17, 15) is 19.4 Å². The molecular formula is C57H117N2O6P. The maximum atomic E-state index is 12.9. The number of phosphoric ester groups is 1. The van der Waals surface area contributed by atoms with Crippen LogP contribution in [0.5, 0.6) is 0 Å². The number of likely N-dealkylation sites (N-methyl/N-ethyl adjacent to an activating group) is 1. The summed E-state index contributed by atoms with van der Waals surface area (Å²) in [6.45, 7) is 4.76. The molecule has 0 bridgehead atoms. The highest BCUT2D eigenvalue weighted by atomic mass is 31.2. The number of unbranched alkanes of at least 4 members (excludes halogenated alkanes) is 42. The lowest BCUT2D eigenvalue weighted by atomic mass is 10.0. The minimum Gasteiger partial charge on any atom is -0.756 e. The maximum absolute atomic E-state index is 12.9. The highest BCUT2D eigenvalue weighted by Crippen LogP contribution is 2.38. The Morgan fingerprint density at radius 3 is 1.03 bits per heavy atom. The second-order valence-corrected chi connectivity index (χ2v) is 23.1. The molecule has 0 aromatic rings. The lowest BCUT2D eigenvalue weighted by molar-refractivity contribution is -0.870. The van der Waals surface area contributed by atoms with E-state index in [1.165, 1.54) is 244 Å². The van der Waals surface area contributed by atoms with Crippen molar-refractivity contribution in [1.29, 1.82) is 0 Å². The number of carbonyl (C=O) groups is 1. The van der Waals surface area contributed by atoms with Crippen molar-refractivity contribution >= 4 is 13.7 Å². The molecule has 0 rings (SSSR count). The van der Waals surface area contributed by atoms with E-state index in [0.29, 0.717) is 23.9 Å². The van der Waals surface area contributed by atoms with Gasteiger partial charge in [-0.3, -0.25) is 9.36 Å². The van der Waals surface area contributed by atoms with Gasteiger partial charge in [0.1, 0.15) is 13.2 Å². The number of amides is 1. The second-order valence-electron chi connectivity index (χ2n) is 21.7. The number of aliphatic hydroxyl groups excluding tert-OH is 1. The monoisotopic (exact) mass is 957 g/mol. The first-order valence-corrected chi connectivity index (χ1v) is 30.8. The quantitative estimate of drug-likeness (QED) is 0.0357. The van der Waals surface area contributed by atoms with Gasteiger partial charge in [-0.25, -0.2) is 0 Å². The maximum Gasteiger partial charge on any atom is 0.268 e. The fraction of sp³-hybridized carbons (Fsp3) is 0.982. The molecule has 9 heteroatoms. The van der Waals surface area contributed by atoms with Crippen molar-refractivity contribution < 1.29 is 32.9 Å². The van der Waals surface area contributed by atoms with E-state index in [2.05, 4.69) is 19.2 Å². The number of hydrogen-bond acceptors (Lipinski definition) is 6. The van der Waals surface area contributed by atoms with Crippen molar-refractivity contribution in [1.82, 2.24) is 5.32 Å². The minimum absolute atomic E-state index is 0.0165. The topological polar surface area (TPSA) is 108 Å². The summed E-state index contributed by atoms with van der Waals surface area (Å²) in [5.41, 5.74) is 0. The summed E-state index contributed by atoms with van der Waals surface area (Å²) in [6.07, 6.45) is 58.7. The molecule has 0 heterocycles. The Morgan fingerprint density at radius 2 is 0.742 bits per heavy atom. The molecule has 66 heavy (non-hydrogen) atoms. The first kappa shape index (κ1) is 65.5. The first-order valence-electron chi connectivity index (χ1n) is 29.4. The number of hydrogen-bond donors (Lipinski definition) is 2. The Morgan fingerprint density at radius 1 is 0.470 bits per heavy atom. The number of nitrogens with one attached hydrogen (secondary N) is 1. The Bertz CT molecular complexity index is 1040. The summed E-state index contributed by atoms with van der Waals surface area (Å²) < 4.78 is 23.4. The Kier molecular flexibility index (Phi) is 49.1. The highest BCUT2D eigenvalue weighted by molar-refractivity contribution is 7.45. The number of rotatable bonds is 55. The van der Waals surface area contributed by atoms with Gasteiger partial charge < -0.3 is 28.8 Å². The highest BCUT2D eigenvalue weighted by Gasteiger charge is 2.24. The normalized spacial score (nSPS) is 13.9. The predicted octanol–water partition coefficient (Wildman–Crippen LogP) is 17.0. The Balaban J connectivity index is 3.97. The molecule has 3 unspecified atom stereocenters. The predicted molar refractivity (Wildman–Crippen MR) is 284 cm³/mol. The third-order valence-electron chi connectivity index (χ3n) is 13.8. The van der Waals surface area contributed by atoms with Crippen molar-refractivity contribution in [3.8, 4) is 0 Å². The summed E-state index contributed by atoms with van der Waals surface area (Å²) >= 11 is 0. The van der Waals surface area contributed by atoms with E-state index in [1.807, 2.05) is 21.1 Å². The van der Waals surface area contributed by atoms with E-state index in [4.69, 9.17) is 9.05 Å². The van der Waals surface area contributed by atoms with Crippen molar-refractivity contribution in [3.63, 3.8) is 0 Å². The van der Waals surface area contributed by atoms with Crippen LogP contribution in [0, 0.1) is 0 Å². The molecule has 0 saturated heterocycles. The lowest BCUT2D eigenvalue weighted by Gasteiger charge is -2.30. The third kappa shape index (κ3) is 51.4. The van der Waals surface area contributed by atoms with Gasteiger partial charge in [0.15, 0.2) is 0 Å². The SMILES string of the molecule is CCCCCCCCCCCCCCCCCCCCCCCCCCCCCCCCCC(O)C(COP(=O)([O-])OCC[N+](C)(C)C)NC(=O)CCCCCCCCCCCCCCC. The molecular weight excluding hydrogens is 840 g/mol. The summed E-state index contributed by atoms with van der Waals surface area (Å²) in [4.78, 5) is 25.4. The summed E-state index contributed by atoms with van der Waals surface area (Å²) in [5, 5.41) is 14.0. The number of nitrogens with zero attached hydrogens (tertiary/aromatic N) is 1. The van der Waals surface area contributed by atoms with Crippen molar-refractivity contribution in [2.24, 2.45) is 0 Å². The average Bonchev–Trinajstić information content (AvgIpc) is 3.28. The summed E-state index contributed by atoms with van der Waals surface area (Å²) in [7, 11) is 1.32. The molecule has 2 N–H and O–H groups in total. The van der Waals surface area contributed by atoms with Crippen LogP contribution in [0.15, 0.2) is 0 Å². The molecule has 0 aliphatic heterocycles. The largest absolute Gasteiger partial charge is 0.756 e. The zero-order valence-electron chi connectivity index (χ0n) is 45.2. The fourth-order valence-electron chi connectivity index (χ4n) is 9.22. The van der Waals surface area contributed by atoms with E-state index in [-0.39, 0.29) is 19.1 Å². The lowest BCUT2D eigenvalue weighted by Crippen LogP contribution is -2.46. The molecule has 0 aromatic heterocycles. The van der Waals surface area contributed by atoms with Crippen molar-refractivity contribution in [2.45, 2.75) is 321 Å². The number of phosphoric acid groups is 1. The third-order valence-corrected chi connectivity index (χ3v) is 14.8. The molecule has 8 nitrogen and oxygen atoms in total. The molecule has 0 radical (unpaired) electrons. The minimum atomic E-state index is -4.56. The van der Waals surface area contributed by atoms with Gasteiger partial charge >= 0.3 is 0 Å². The van der Waals surface area contributed by atoms with Crippen LogP contribution >= 0.6 is 7.82 Å². The molecule has 0 spiro atoms. The van der Waals surface area contributed by atoms with Crippen molar-refractivity contribution in [3.05, 3.63) is 0 Å². The van der Waals surface area contributed by atoms with E-state index < -0.39 is 20.0 Å². The average molecular weight is 958 g/mol. The number of carbonyl (C=O) groups excluding carboxylic acids is 1. The molecule has 0 aromatic carbocycles. The van der Waals surface area contributed by atoms with Crippen LogP contribution in [0.25, 0.3) is 0 Å². The van der Waals surface area contributed by atoms with Crippen molar-refractivity contribution in [2.75, 3.05) is 40.9 Å². The van der Waals surface area contributed by atoms with Gasteiger partial charge in [0.25, 0.3) is 7.82 Å². The Labute approximate surface area is 412 Å². The van der Waals surface area contributed by atoms with E-state index >= 15 is 0 Å². The van der Waals surface area contributed by atoms with Gasteiger partial charge in [-0.05, 0) is 12.8 Å². The summed E-state index contributed by atoms with van der Waals surface area (Å²) in [6, 6.07) is -0.794. The standard InChI is InChI=1S/C57H117N2O6P/c1-6-8-10-12-14-16-18-20-21-22-23-24-25-26-27-28-29-30-31-32-33-34-35-36-37-39-40-42-44-46-48-50-56(60)55(54-65-66(62,63)64-53-52-59(3,4)5)58-57(61)51-49-47-45-43-41-38-19-17-15-13-11-9-7-2/h55-56,60H,6-54H2,1-5H3,(H-,58,61,62,63). The molecule has 0 aliphatic carbocycles. The van der Waals surface area contributed by atoms with E-state index in [0.717, 1.165) is 38.5 Å². The zero-order chi connectivity index (χ0) is 48.5. The molecule has 396 valence electrons. The fourth-order valence-corrected chi connectivity index (χ4v) is 9.94. The molecule has 1 amide bonds. The van der Waals surface area contributed by atoms with Gasteiger partial charge in [0.05, 0.1) is 39.9 Å².